The Labute approximate surface area is 155 Å². The average Bonchev–Trinajstić information content (AvgIpc) is 3.14. The van der Waals surface area contributed by atoms with Crippen LogP contribution in [0.15, 0.2) is 36.5 Å². The number of hydrogen-bond donors (Lipinski definition) is 1. The molecule has 1 aliphatic heterocycles. The molecule has 1 aromatic carbocycles. The van der Waals surface area contributed by atoms with Crippen LogP contribution in [0, 0.1) is 11.7 Å². The number of ether oxygens (including phenoxy) is 3. The Morgan fingerprint density at radius 1 is 1.11 bits per heavy atom. The van der Waals surface area contributed by atoms with Gasteiger partial charge in [-0.2, -0.15) is 4.98 Å². The van der Waals surface area contributed by atoms with Gasteiger partial charge < -0.3 is 19.2 Å². The molecule has 2 aromatic heterocycles. The first kappa shape index (κ1) is 17.6. The SMILES string of the molecule is COc1nccc(-c2[nH]c(C3OCC(C)CO3)nc2-c2ccc(F)cc2)n1. The zero-order valence-electron chi connectivity index (χ0n) is 15.0. The maximum atomic E-state index is 13.4. The highest BCUT2D eigenvalue weighted by atomic mass is 19.1. The highest BCUT2D eigenvalue weighted by Gasteiger charge is 2.26. The van der Waals surface area contributed by atoms with E-state index in [0.717, 1.165) is 5.56 Å². The van der Waals surface area contributed by atoms with E-state index in [-0.39, 0.29) is 11.8 Å². The van der Waals surface area contributed by atoms with Crippen LogP contribution in [0.1, 0.15) is 19.0 Å². The fraction of sp³-hybridized carbons (Fsp3) is 0.316. The van der Waals surface area contributed by atoms with Crippen molar-refractivity contribution in [2.45, 2.75) is 13.2 Å². The Bertz CT molecular complexity index is 921. The first-order chi connectivity index (χ1) is 13.1. The lowest BCUT2D eigenvalue weighted by molar-refractivity contribution is -0.205. The third-order valence-electron chi connectivity index (χ3n) is 4.20. The molecule has 7 nitrogen and oxygen atoms in total. The van der Waals surface area contributed by atoms with E-state index in [1.165, 1.54) is 19.2 Å². The van der Waals surface area contributed by atoms with E-state index >= 15 is 0 Å². The second-order valence-electron chi connectivity index (χ2n) is 6.38. The number of H-pyrrole nitrogens is 1. The van der Waals surface area contributed by atoms with Crippen molar-refractivity contribution < 1.29 is 18.6 Å². The molecule has 27 heavy (non-hydrogen) atoms. The summed E-state index contributed by atoms with van der Waals surface area (Å²) in [7, 11) is 1.50. The van der Waals surface area contributed by atoms with Crippen molar-refractivity contribution >= 4 is 0 Å². The number of nitrogens with zero attached hydrogens (tertiary/aromatic N) is 3. The number of aromatic amines is 1. The normalized spacial score (nSPS) is 19.8. The number of benzene rings is 1. The van der Waals surface area contributed by atoms with E-state index in [9.17, 15) is 4.39 Å². The van der Waals surface area contributed by atoms with Crippen LogP contribution in [-0.4, -0.2) is 40.3 Å². The summed E-state index contributed by atoms with van der Waals surface area (Å²) < 4.78 is 30.0. The molecule has 0 unspecified atom stereocenters. The molecule has 0 bridgehead atoms. The molecule has 0 atom stereocenters. The minimum atomic E-state index is -0.585. The molecule has 0 spiro atoms. The van der Waals surface area contributed by atoms with Crippen LogP contribution >= 0.6 is 0 Å². The first-order valence-corrected chi connectivity index (χ1v) is 8.60. The minimum absolute atomic E-state index is 0.243. The van der Waals surface area contributed by atoms with Crippen molar-refractivity contribution in [1.29, 1.82) is 0 Å². The van der Waals surface area contributed by atoms with Gasteiger partial charge in [0.1, 0.15) is 5.82 Å². The van der Waals surface area contributed by atoms with E-state index in [1.807, 2.05) is 0 Å². The fourth-order valence-corrected chi connectivity index (χ4v) is 2.84. The van der Waals surface area contributed by atoms with Gasteiger partial charge in [-0.1, -0.05) is 6.92 Å². The molecule has 4 rings (SSSR count). The van der Waals surface area contributed by atoms with E-state index in [2.05, 4.69) is 26.9 Å². The number of rotatable bonds is 4. The molecule has 1 saturated heterocycles. The Kier molecular flexibility index (Phi) is 4.83. The van der Waals surface area contributed by atoms with Gasteiger partial charge in [-0.3, -0.25) is 0 Å². The third kappa shape index (κ3) is 3.67. The minimum Gasteiger partial charge on any atom is -0.467 e. The van der Waals surface area contributed by atoms with Gasteiger partial charge in [0.25, 0.3) is 0 Å². The molecule has 3 aromatic rings. The molecular weight excluding hydrogens is 351 g/mol. The molecule has 0 radical (unpaired) electrons. The summed E-state index contributed by atoms with van der Waals surface area (Å²) in [6.07, 6.45) is 1.02. The Morgan fingerprint density at radius 2 is 1.85 bits per heavy atom. The third-order valence-corrected chi connectivity index (χ3v) is 4.20. The second kappa shape index (κ2) is 7.42. The number of aromatic nitrogens is 4. The quantitative estimate of drug-likeness (QED) is 0.758. The van der Waals surface area contributed by atoms with Crippen molar-refractivity contribution in [1.82, 2.24) is 19.9 Å². The number of nitrogens with one attached hydrogen (secondary N) is 1. The van der Waals surface area contributed by atoms with Gasteiger partial charge in [0, 0.05) is 17.7 Å². The average molecular weight is 370 g/mol. The van der Waals surface area contributed by atoms with Crippen molar-refractivity contribution in [2.24, 2.45) is 5.92 Å². The molecule has 8 heteroatoms. The molecular formula is C19H19FN4O3. The van der Waals surface area contributed by atoms with Crippen LogP contribution in [0.5, 0.6) is 6.01 Å². The summed E-state index contributed by atoms with van der Waals surface area (Å²) in [5.74, 6) is 0.555. The molecule has 3 heterocycles. The molecule has 1 N–H and O–H groups in total. The Hall–Kier alpha value is -2.84. The first-order valence-electron chi connectivity index (χ1n) is 8.60. The summed E-state index contributed by atoms with van der Waals surface area (Å²) >= 11 is 0. The van der Waals surface area contributed by atoms with Crippen LogP contribution in [0.4, 0.5) is 4.39 Å². The van der Waals surface area contributed by atoms with Crippen molar-refractivity contribution in [3.05, 3.63) is 48.2 Å². The summed E-state index contributed by atoms with van der Waals surface area (Å²) in [4.78, 5) is 16.3. The monoisotopic (exact) mass is 370 g/mol. The van der Waals surface area contributed by atoms with Gasteiger partial charge in [-0.05, 0) is 30.3 Å². The lowest BCUT2D eigenvalue weighted by atomic mass is 10.1. The van der Waals surface area contributed by atoms with Gasteiger partial charge >= 0.3 is 6.01 Å². The lowest BCUT2D eigenvalue weighted by Crippen LogP contribution is -2.25. The van der Waals surface area contributed by atoms with Gasteiger partial charge in [0.2, 0.25) is 6.29 Å². The van der Waals surface area contributed by atoms with Crippen molar-refractivity contribution in [3.63, 3.8) is 0 Å². The van der Waals surface area contributed by atoms with Gasteiger partial charge in [-0.25, -0.2) is 14.4 Å². The van der Waals surface area contributed by atoms with Crippen molar-refractivity contribution in [3.8, 4) is 28.7 Å². The summed E-state index contributed by atoms with van der Waals surface area (Å²) in [5, 5.41) is 0. The number of imidazole rings is 1. The van der Waals surface area contributed by atoms with Gasteiger partial charge in [0.05, 0.1) is 37.4 Å². The van der Waals surface area contributed by atoms with E-state index < -0.39 is 6.29 Å². The molecule has 0 aliphatic carbocycles. The Morgan fingerprint density at radius 3 is 2.56 bits per heavy atom. The maximum absolute atomic E-state index is 13.4. The topological polar surface area (TPSA) is 82.2 Å². The summed E-state index contributed by atoms with van der Waals surface area (Å²) in [5.41, 5.74) is 2.62. The van der Waals surface area contributed by atoms with Gasteiger partial charge in [0.15, 0.2) is 5.82 Å². The standard InChI is InChI=1S/C19H19FN4O3/c1-11-9-26-18(27-10-11)17-23-15(12-3-5-13(20)6-4-12)16(24-17)14-7-8-21-19(22-14)25-2/h3-8,11,18H,9-10H2,1-2H3,(H,23,24). The van der Waals surface area contributed by atoms with E-state index in [0.29, 0.717) is 42.0 Å². The number of hydrogen-bond acceptors (Lipinski definition) is 6. The number of halogens is 1. The van der Waals surface area contributed by atoms with Crippen LogP contribution in [0.3, 0.4) is 0 Å². The summed E-state index contributed by atoms with van der Waals surface area (Å²) in [6.45, 7) is 3.24. The molecule has 0 amide bonds. The second-order valence-corrected chi connectivity index (χ2v) is 6.38. The van der Waals surface area contributed by atoms with E-state index in [1.54, 1.807) is 24.4 Å². The molecule has 0 saturated carbocycles. The fourth-order valence-electron chi connectivity index (χ4n) is 2.84. The highest BCUT2D eigenvalue weighted by Crippen LogP contribution is 2.33. The van der Waals surface area contributed by atoms with Crippen LogP contribution in [0.2, 0.25) is 0 Å². The molecule has 1 fully saturated rings. The van der Waals surface area contributed by atoms with Crippen LogP contribution < -0.4 is 4.74 Å². The lowest BCUT2D eigenvalue weighted by Gasteiger charge is -2.25. The summed E-state index contributed by atoms with van der Waals surface area (Å²) in [6, 6.07) is 8.11. The largest absolute Gasteiger partial charge is 0.467 e. The van der Waals surface area contributed by atoms with Gasteiger partial charge in [-0.15, -0.1) is 0 Å². The predicted molar refractivity (Wildman–Crippen MR) is 95.4 cm³/mol. The molecule has 140 valence electrons. The Balaban J connectivity index is 1.78. The molecule has 1 aliphatic rings. The van der Waals surface area contributed by atoms with Crippen molar-refractivity contribution in [2.75, 3.05) is 20.3 Å². The zero-order valence-corrected chi connectivity index (χ0v) is 15.0. The van der Waals surface area contributed by atoms with Crippen LogP contribution in [-0.2, 0) is 9.47 Å². The smallest absolute Gasteiger partial charge is 0.316 e. The van der Waals surface area contributed by atoms with Crippen LogP contribution in [0.25, 0.3) is 22.6 Å². The predicted octanol–water partition coefficient (Wildman–Crippen LogP) is 3.36. The highest BCUT2D eigenvalue weighted by molar-refractivity contribution is 5.76. The van der Waals surface area contributed by atoms with E-state index in [4.69, 9.17) is 14.2 Å². The zero-order chi connectivity index (χ0) is 18.8. The maximum Gasteiger partial charge on any atom is 0.316 e. The number of methoxy groups -OCH3 is 1.